The van der Waals surface area contributed by atoms with Gasteiger partial charge in [-0.3, -0.25) is 4.79 Å². The van der Waals surface area contributed by atoms with Crippen molar-refractivity contribution in [3.05, 3.63) is 43.0 Å². The van der Waals surface area contributed by atoms with E-state index in [0.29, 0.717) is 15.6 Å². The Morgan fingerprint density at radius 1 is 1.26 bits per heavy atom. The molecule has 0 fully saturated rings. The number of hydrogen-bond donors (Lipinski definition) is 2. The van der Waals surface area contributed by atoms with Crippen molar-refractivity contribution >= 4 is 57.7 Å². The smallest absolute Gasteiger partial charge is 0.267 e. The number of aromatic hydroxyl groups is 1. The van der Waals surface area contributed by atoms with E-state index in [-0.39, 0.29) is 21.7 Å². The number of rotatable bonds is 2. The van der Waals surface area contributed by atoms with Gasteiger partial charge in [-0.2, -0.15) is 0 Å². The average molecular weight is 337 g/mol. The summed E-state index contributed by atoms with van der Waals surface area (Å²) in [6, 6.07) is 2.82. The summed E-state index contributed by atoms with van der Waals surface area (Å²) in [5.74, 6) is -0.563. The number of hydrogen-bond acceptors (Lipinski definition) is 3. The molecule has 1 aromatic heterocycles. The molecular formula is C12H8Cl3NO2S. The summed E-state index contributed by atoms with van der Waals surface area (Å²) in [5.41, 5.74) is 1.23. The van der Waals surface area contributed by atoms with Crippen LogP contribution in [0.15, 0.2) is 17.5 Å². The number of thiophene rings is 1. The minimum absolute atomic E-state index is 0.0660. The number of phenolic OH excluding ortho intramolecular Hbond substituents is 1. The highest BCUT2D eigenvalue weighted by Crippen LogP contribution is 2.35. The van der Waals surface area contributed by atoms with Gasteiger partial charge in [0.25, 0.3) is 5.91 Å². The average Bonchev–Trinajstić information content (AvgIpc) is 2.67. The van der Waals surface area contributed by atoms with Gasteiger partial charge in [-0.15, -0.1) is 11.3 Å². The van der Waals surface area contributed by atoms with E-state index in [2.05, 4.69) is 5.32 Å². The zero-order valence-corrected chi connectivity index (χ0v) is 12.7. The van der Waals surface area contributed by atoms with E-state index in [1.165, 1.54) is 23.5 Å². The van der Waals surface area contributed by atoms with Crippen LogP contribution in [0.25, 0.3) is 0 Å². The molecule has 7 heteroatoms. The third-order valence-corrected chi connectivity index (χ3v) is 4.65. The monoisotopic (exact) mass is 335 g/mol. The molecule has 0 saturated heterocycles. The minimum Gasteiger partial charge on any atom is -0.505 e. The second-order valence-corrected chi connectivity index (χ2v) is 5.88. The number of carbonyl (C=O) groups excluding carboxylic acids is 1. The van der Waals surface area contributed by atoms with Crippen molar-refractivity contribution in [1.29, 1.82) is 0 Å². The number of phenols is 1. The molecule has 0 aliphatic rings. The molecule has 3 nitrogen and oxygen atoms in total. The van der Waals surface area contributed by atoms with Gasteiger partial charge >= 0.3 is 0 Å². The number of amides is 1. The minimum atomic E-state index is -0.346. The predicted molar refractivity (Wildman–Crippen MR) is 80.1 cm³/mol. The number of carbonyl (C=O) groups is 1. The summed E-state index contributed by atoms with van der Waals surface area (Å²) >= 11 is 18.8. The zero-order valence-electron chi connectivity index (χ0n) is 9.63. The first-order valence-electron chi connectivity index (χ1n) is 5.13. The molecule has 2 aromatic rings. The summed E-state index contributed by atoms with van der Waals surface area (Å²) < 4.78 is 0. The van der Waals surface area contributed by atoms with E-state index in [9.17, 15) is 9.90 Å². The van der Waals surface area contributed by atoms with Crippen LogP contribution in [0.5, 0.6) is 5.75 Å². The maximum absolute atomic E-state index is 12.0. The van der Waals surface area contributed by atoms with Gasteiger partial charge in [-0.25, -0.2) is 0 Å². The fourth-order valence-corrected chi connectivity index (χ4v) is 3.07. The second-order valence-electron chi connectivity index (χ2n) is 3.80. The predicted octanol–water partition coefficient (Wildman–Crippen LogP) is 4.97. The van der Waals surface area contributed by atoms with Gasteiger partial charge in [-0.05, 0) is 30.0 Å². The zero-order chi connectivity index (χ0) is 14.2. The summed E-state index contributed by atoms with van der Waals surface area (Å²) in [7, 11) is 0. The van der Waals surface area contributed by atoms with E-state index in [4.69, 9.17) is 34.8 Å². The van der Waals surface area contributed by atoms with E-state index in [1.807, 2.05) is 6.92 Å². The molecular weight excluding hydrogens is 329 g/mol. The molecule has 1 amide bonds. The summed E-state index contributed by atoms with van der Waals surface area (Å²) in [6.07, 6.45) is 0. The van der Waals surface area contributed by atoms with Crippen molar-refractivity contribution < 1.29 is 9.90 Å². The summed E-state index contributed by atoms with van der Waals surface area (Å²) in [5, 5.41) is 14.4. The van der Waals surface area contributed by atoms with Crippen LogP contribution >= 0.6 is 46.1 Å². The Bertz CT molecular complexity index is 631. The summed E-state index contributed by atoms with van der Waals surface area (Å²) in [6.45, 7) is 1.82. The molecule has 0 aliphatic carbocycles. The van der Waals surface area contributed by atoms with Gasteiger partial charge in [0, 0.05) is 5.69 Å². The lowest BCUT2D eigenvalue weighted by molar-refractivity contribution is 0.103. The highest BCUT2D eigenvalue weighted by atomic mass is 35.5. The van der Waals surface area contributed by atoms with Gasteiger partial charge in [0.15, 0.2) is 5.75 Å². The number of nitrogens with one attached hydrogen (secondary N) is 1. The molecule has 0 saturated carbocycles. The first kappa shape index (κ1) is 14.5. The first-order chi connectivity index (χ1) is 8.90. The molecule has 0 aliphatic heterocycles. The lowest BCUT2D eigenvalue weighted by Crippen LogP contribution is -2.10. The standard InChI is InChI=1S/C12H8Cl3NO2S/c1-5-4-19-11(9(5)15)12(18)16-6-2-7(13)10(17)8(14)3-6/h2-4,17H,1H3,(H,16,18). The molecule has 0 unspecified atom stereocenters. The maximum atomic E-state index is 12.0. The molecule has 100 valence electrons. The van der Waals surface area contributed by atoms with E-state index in [0.717, 1.165) is 5.56 Å². The lowest BCUT2D eigenvalue weighted by Gasteiger charge is -2.07. The largest absolute Gasteiger partial charge is 0.505 e. The van der Waals surface area contributed by atoms with Crippen LogP contribution in [-0.2, 0) is 0 Å². The Morgan fingerprint density at radius 3 is 2.32 bits per heavy atom. The van der Waals surface area contributed by atoms with E-state index in [1.54, 1.807) is 5.38 Å². The molecule has 1 aromatic carbocycles. The van der Waals surface area contributed by atoms with Crippen LogP contribution in [0.2, 0.25) is 15.1 Å². The normalized spacial score (nSPS) is 10.5. The van der Waals surface area contributed by atoms with Crippen molar-refractivity contribution in [3.63, 3.8) is 0 Å². The Labute approximate surface area is 128 Å². The van der Waals surface area contributed by atoms with Gasteiger partial charge < -0.3 is 10.4 Å². The molecule has 1 heterocycles. The quantitative estimate of drug-likeness (QED) is 0.760. The maximum Gasteiger partial charge on any atom is 0.267 e. The van der Waals surface area contributed by atoms with Crippen LogP contribution in [0, 0.1) is 6.92 Å². The fraction of sp³-hybridized carbons (Fsp3) is 0.0833. The molecule has 0 spiro atoms. The van der Waals surface area contributed by atoms with Gasteiger partial charge in [-0.1, -0.05) is 34.8 Å². The Morgan fingerprint density at radius 2 is 1.84 bits per heavy atom. The number of aryl methyl sites for hydroxylation is 1. The van der Waals surface area contributed by atoms with Gasteiger partial charge in [0.2, 0.25) is 0 Å². The van der Waals surface area contributed by atoms with Crippen molar-refractivity contribution in [2.75, 3.05) is 5.32 Å². The van der Waals surface area contributed by atoms with Crippen LogP contribution in [0.4, 0.5) is 5.69 Å². The van der Waals surface area contributed by atoms with Gasteiger partial charge in [0.1, 0.15) is 4.88 Å². The molecule has 2 N–H and O–H groups in total. The highest BCUT2D eigenvalue weighted by molar-refractivity contribution is 7.13. The fourth-order valence-electron chi connectivity index (χ4n) is 1.41. The van der Waals surface area contributed by atoms with Crippen molar-refractivity contribution in [1.82, 2.24) is 0 Å². The van der Waals surface area contributed by atoms with Crippen molar-refractivity contribution in [2.45, 2.75) is 6.92 Å². The van der Waals surface area contributed by atoms with Gasteiger partial charge in [0.05, 0.1) is 15.1 Å². The first-order valence-corrected chi connectivity index (χ1v) is 7.14. The molecule has 19 heavy (non-hydrogen) atoms. The SMILES string of the molecule is Cc1csc(C(=O)Nc2cc(Cl)c(O)c(Cl)c2)c1Cl. The number of anilines is 1. The Kier molecular flexibility index (Phi) is 4.26. The molecule has 0 radical (unpaired) electrons. The van der Waals surface area contributed by atoms with Crippen LogP contribution in [-0.4, -0.2) is 11.0 Å². The van der Waals surface area contributed by atoms with Crippen molar-refractivity contribution in [3.8, 4) is 5.75 Å². The Hall–Kier alpha value is -0.940. The number of benzene rings is 1. The van der Waals surface area contributed by atoms with Crippen LogP contribution < -0.4 is 5.32 Å². The van der Waals surface area contributed by atoms with Crippen LogP contribution in [0.1, 0.15) is 15.2 Å². The number of halogens is 3. The highest BCUT2D eigenvalue weighted by Gasteiger charge is 2.16. The third kappa shape index (κ3) is 2.98. The van der Waals surface area contributed by atoms with E-state index < -0.39 is 0 Å². The third-order valence-electron chi connectivity index (χ3n) is 2.38. The topological polar surface area (TPSA) is 49.3 Å². The molecule has 2 rings (SSSR count). The lowest BCUT2D eigenvalue weighted by atomic mass is 10.3. The molecule has 0 atom stereocenters. The summed E-state index contributed by atoms with van der Waals surface area (Å²) in [4.78, 5) is 12.4. The van der Waals surface area contributed by atoms with Crippen molar-refractivity contribution in [2.24, 2.45) is 0 Å². The van der Waals surface area contributed by atoms with E-state index >= 15 is 0 Å². The molecule has 0 bridgehead atoms. The second kappa shape index (κ2) is 5.59. The van der Waals surface area contributed by atoms with Crippen LogP contribution in [0.3, 0.4) is 0 Å². The Balaban J connectivity index is 2.27.